The molecule has 6 nitrogen and oxygen atoms in total. The van der Waals surface area contributed by atoms with E-state index < -0.39 is 11.7 Å². The predicted octanol–water partition coefficient (Wildman–Crippen LogP) is 0.661. The molecule has 0 saturated heterocycles. The molecule has 0 aliphatic rings. The summed E-state index contributed by atoms with van der Waals surface area (Å²) in [6, 6.07) is 1.29. The Morgan fingerprint density at radius 3 is 2.94 bits per heavy atom. The number of nitrogens with two attached hydrogens (primary N) is 1. The van der Waals surface area contributed by atoms with Crippen molar-refractivity contribution in [3.05, 3.63) is 23.6 Å². The Morgan fingerprint density at radius 2 is 2.33 bits per heavy atom. The molecule has 100 valence electrons. The van der Waals surface area contributed by atoms with Gasteiger partial charge in [-0.1, -0.05) is 0 Å². The summed E-state index contributed by atoms with van der Waals surface area (Å²) in [6.45, 7) is 4.47. The standard InChI is InChI=1S/C11H17FN4O2/c1-7(2)18-6-5-15-11(17)8-3-4-14-10(16-13)9(8)12/h3-4,7H,5-6,13H2,1-2H3,(H,14,16)(H,15,17). The van der Waals surface area contributed by atoms with Crippen molar-refractivity contribution >= 4 is 11.7 Å². The third-order valence-electron chi connectivity index (χ3n) is 2.11. The molecule has 0 saturated carbocycles. The van der Waals surface area contributed by atoms with Gasteiger partial charge >= 0.3 is 0 Å². The lowest BCUT2D eigenvalue weighted by atomic mass is 10.2. The monoisotopic (exact) mass is 256 g/mol. The zero-order valence-electron chi connectivity index (χ0n) is 10.4. The lowest BCUT2D eigenvalue weighted by Gasteiger charge is -2.10. The van der Waals surface area contributed by atoms with Crippen molar-refractivity contribution in [1.29, 1.82) is 0 Å². The van der Waals surface area contributed by atoms with Gasteiger partial charge in [-0.05, 0) is 19.9 Å². The molecule has 0 aromatic carbocycles. The van der Waals surface area contributed by atoms with E-state index in [0.717, 1.165) is 0 Å². The van der Waals surface area contributed by atoms with Gasteiger partial charge in [-0.2, -0.15) is 0 Å². The molecule has 1 amide bonds. The topological polar surface area (TPSA) is 89.3 Å². The van der Waals surface area contributed by atoms with E-state index in [1.807, 2.05) is 13.8 Å². The molecule has 7 heteroatoms. The third kappa shape index (κ3) is 3.94. The minimum atomic E-state index is -0.776. The van der Waals surface area contributed by atoms with Crippen LogP contribution in [0.5, 0.6) is 0 Å². The Balaban J connectivity index is 2.56. The maximum Gasteiger partial charge on any atom is 0.254 e. The van der Waals surface area contributed by atoms with Crippen molar-refractivity contribution in [3.63, 3.8) is 0 Å². The van der Waals surface area contributed by atoms with Crippen molar-refractivity contribution in [2.45, 2.75) is 20.0 Å². The van der Waals surface area contributed by atoms with Crippen LogP contribution in [-0.4, -0.2) is 30.1 Å². The molecule has 1 rings (SSSR count). The second-order valence-electron chi connectivity index (χ2n) is 3.84. The van der Waals surface area contributed by atoms with Gasteiger partial charge in [-0.3, -0.25) is 4.79 Å². The minimum absolute atomic E-state index is 0.0904. The van der Waals surface area contributed by atoms with E-state index in [-0.39, 0.29) is 17.5 Å². The number of nitrogen functional groups attached to an aromatic ring is 1. The lowest BCUT2D eigenvalue weighted by Crippen LogP contribution is -2.29. The van der Waals surface area contributed by atoms with Gasteiger partial charge in [0.2, 0.25) is 0 Å². The number of carbonyl (C=O) groups is 1. The molecule has 0 bridgehead atoms. The number of amides is 1. The van der Waals surface area contributed by atoms with Crippen LogP contribution in [0, 0.1) is 5.82 Å². The second kappa shape index (κ2) is 6.87. The Bertz CT molecular complexity index is 412. The van der Waals surface area contributed by atoms with E-state index >= 15 is 0 Å². The minimum Gasteiger partial charge on any atom is -0.377 e. The molecule has 1 aromatic heterocycles. The molecule has 1 aromatic rings. The Hall–Kier alpha value is -1.73. The number of hydrogen-bond acceptors (Lipinski definition) is 5. The van der Waals surface area contributed by atoms with Crippen molar-refractivity contribution < 1.29 is 13.9 Å². The fraction of sp³-hybridized carbons (Fsp3) is 0.455. The Labute approximate surface area is 105 Å². The molecule has 4 N–H and O–H groups in total. The fourth-order valence-corrected chi connectivity index (χ4v) is 1.27. The third-order valence-corrected chi connectivity index (χ3v) is 2.11. The first kappa shape index (κ1) is 14.3. The highest BCUT2D eigenvalue weighted by molar-refractivity contribution is 5.95. The molecule has 0 aliphatic heterocycles. The van der Waals surface area contributed by atoms with Gasteiger partial charge in [0.1, 0.15) is 0 Å². The summed E-state index contributed by atoms with van der Waals surface area (Å²) in [6.07, 6.45) is 1.39. The summed E-state index contributed by atoms with van der Waals surface area (Å²) in [7, 11) is 0. The first-order chi connectivity index (χ1) is 8.56. The van der Waals surface area contributed by atoms with Crippen LogP contribution in [0.2, 0.25) is 0 Å². The maximum absolute atomic E-state index is 13.7. The molecule has 0 unspecified atom stereocenters. The number of anilines is 1. The van der Waals surface area contributed by atoms with Gasteiger partial charge in [-0.15, -0.1) is 0 Å². The zero-order chi connectivity index (χ0) is 13.5. The molecular weight excluding hydrogens is 239 g/mol. The van der Waals surface area contributed by atoms with Gasteiger partial charge < -0.3 is 15.5 Å². The lowest BCUT2D eigenvalue weighted by molar-refractivity contribution is 0.0745. The quantitative estimate of drug-likeness (QED) is 0.395. The van der Waals surface area contributed by atoms with Crippen molar-refractivity contribution in [3.8, 4) is 0 Å². The van der Waals surface area contributed by atoms with Crippen LogP contribution < -0.4 is 16.6 Å². The van der Waals surface area contributed by atoms with Crippen LogP contribution in [0.3, 0.4) is 0 Å². The second-order valence-corrected chi connectivity index (χ2v) is 3.84. The number of hydrazine groups is 1. The molecule has 0 atom stereocenters. The van der Waals surface area contributed by atoms with Gasteiger partial charge in [0.25, 0.3) is 5.91 Å². The number of nitrogens with zero attached hydrogens (tertiary/aromatic N) is 1. The fourth-order valence-electron chi connectivity index (χ4n) is 1.27. The predicted molar refractivity (Wildman–Crippen MR) is 65.4 cm³/mol. The normalized spacial score (nSPS) is 10.5. The number of nitrogens with one attached hydrogen (secondary N) is 2. The van der Waals surface area contributed by atoms with Gasteiger partial charge in [0.05, 0.1) is 18.3 Å². The summed E-state index contributed by atoms with van der Waals surface area (Å²) in [5.74, 6) is 3.60. The Morgan fingerprint density at radius 1 is 1.61 bits per heavy atom. The van der Waals surface area contributed by atoms with E-state index in [1.165, 1.54) is 12.3 Å². The number of ether oxygens (including phenoxy) is 1. The van der Waals surface area contributed by atoms with Crippen LogP contribution in [0.15, 0.2) is 12.3 Å². The van der Waals surface area contributed by atoms with E-state index in [9.17, 15) is 9.18 Å². The smallest absolute Gasteiger partial charge is 0.254 e. The van der Waals surface area contributed by atoms with E-state index in [1.54, 1.807) is 0 Å². The van der Waals surface area contributed by atoms with Crippen LogP contribution in [0.1, 0.15) is 24.2 Å². The zero-order valence-corrected chi connectivity index (χ0v) is 10.4. The number of rotatable bonds is 6. The van der Waals surface area contributed by atoms with E-state index in [4.69, 9.17) is 10.6 Å². The van der Waals surface area contributed by atoms with Crippen molar-refractivity contribution in [2.24, 2.45) is 5.84 Å². The van der Waals surface area contributed by atoms with Crippen molar-refractivity contribution in [2.75, 3.05) is 18.6 Å². The van der Waals surface area contributed by atoms with Crippen LogP contribution >= 0.6 is 0 Å². The summed E-state index contributed by atoms with van der Waals surface area (Å²) in [4.78, 5) is 15.3. The first-order valence-electron chi connectivity index (χ1n) is 5.57. The summed E-state index contributed by atoms with van der Waals surface area (Å²) in [5.41, 5.74) is 1.97. The van der Waals surface area contributed by atoms with E-state index in [0.29, 0.717) is 13.2 Å². The van der Waals surface area contributed by atoms with Crippen LogP contribution in [-0.2, 0) is 4.74 Å². The molecule has 18 heavy (non-hydrogen) atoms. The van der Waals surface area contributed by atoms with Crippen LogP contribution in [0.4, 0.5) is 10.2 Å². The van der Waals surface area contributed by atoms with Gasteiger partial charge in [0.15, 0.2) is 11.6 Å². The van der Waals surface area contributed by atoms with Gasteiger partial charge in [-0.25, -0.2) is 15.2 Å². The summed E-state index contributed by atoms with van der Waals surface area (Å²) >= 11 is 0. The highest BCUT2D eigenvalue weighted by Crippen LogP contribution is 2.13. The largest absolute Gasteiger partial charge is 0.377 e. The number of carbonyl (C=O) groups excluding carboxylic acids is 1. The SMILES string of the molecule is CC(C)OCCNC(=O)c1ccnc(NN)c1F. The highest BCUT2D eigenvalue weighted by atomic mass is 19.1. The molecule has 0 spiro atoms. The van der Waals surface area contributed by atoms with E-state index in [2.05, 4.69) is 15.7 Å². The molecule has 0 radical (unpaired) electrons. The number of aromatic nitrogens is 1. The molecule has 0 fully saturated rings. The summed E-state index contributed by atoms with van der Waals surface area (Å²) in [5, 5.41) is 2.55. The Kier molecular flexibility index (Phi) is 5.47. The van der Waals surface area contributed by atoms with Crippen LogP contribution in [0.25, 0.3) is 0 Å². The molecule has 1 heterocycles. The summed E-state index contributed by atoms with van der Waals surface area (Å²) < 4.78 is 18.9. The van der Waals surface area contributed by atoms with Crippen molar-refractivity contribution in [1.82, 2.24) is 10.3 Å². The first-order valence-corrected chi connectivity index (χ1v) is 5.57. The maximum atomic E-state index is 13.7. The average Bonchev–Trinajstić information content (AvgIpc) is 2.34. The average molecular weight is 256 g/mol. The highest BCUT2D eigenvalue weighted by Gasteiger charge is 2.14. The number of halogens is 1. The number of hydrogen-bond donors (Lipinski definition) is 3. The number of pyridine rings is 1. The molecule has 0 aliphatic carbocycles. The molecular formula is C11H17FN4O2. The van der Waals surface area contributed by atoms with Gasteiger partial charge in [0, 0.05) is 12.7 Å².